The zero-order chi connectivity index (χ0) is 22.1. The van der Waals surface area contributed by atoms with Crippen molar-refractivity contribution in [3.8, 4) is 11.3 Å². The number of fused-ring (bicyclic) bond motifs is 1. The van der Waals surface area contributed by atoms with Gasteiger partial charge in [-0.1, -0.05) is 62.4 Å². The standard InChI is InChI=1S/C25H33N5O2/c1-29-15-19(23(28-29)18-10-6-3-7-11-18)14-26-20-13-22-24(31)27-21(25(32)30(22)16-20)12-17-8-4-2-5-9-17/h3,6-7,10-11,15,17,20-22,26H,2,4-5,8-9,12-14,16H2,1H3,(H,27,31)/t20-,21-,22-/m0/s1. The van der Waals surface area contributed by atoms with Crippen molar-refractivity contribution in [2.45, 2.75) is 69.6 Å². The van der Waals surface area contributed by atoms with Crippen LogP contribution in [-0.2, 0) is 23.2 Å². The van der Waals surface area contributed by atoms with Crippen LogP contribution in [0.2, 0.25) is 0 Å². The summed E-state index contributed by atoms with van der Waals surface area (Å²) in [5.41, 5.74) is 3.18. The monoisotopic (exact) mass is 435 g/mol. The lowest BCUT2D eigenvalue weighted by atomic mass is 9.84. The van der Waals surface area contributed by atoms with Crippen LogP contribution in [0.5, 0.6) is 0 Å². The Labute approximate surface area is 189 Å². The highest BCUT2D eigenvalue weighted by molar-refractivity contribution is 5.97. The van der Waals surface area contributed by atoms with E-state index in [1.807, 2.05) is 41.0 Å². The van der Waals surface area contributed by atoms with Crippen molar-refractivity contribution in [3.63, 3.8) is 0 Å². The van der Waals surface area contributed by atoms with Gasteiger partial charge in [0.2, 0.25) is 11.8 Å². The van der Waals surface area contributed by atoms with Crippen LogP contribution in [0, 0.1) is 5.92 Å². The maximum Gasteiger partial charge on any atom is 0.245 e. The quantitative estimate of drug-likeness (QED) is 0.731. The third-order valence-corrected chi connectivity index (χ3v) is 7.33. The van der Waals surface area contributed by atoms with Crippen LogP contribution >= 0.6 is 0 Å². The Morgan fingerprint density at radius 1 is 1.12 bits per heavy atom. The number of piperazine rings is 1. The molecule has 1 saturated carbocycles. The number of benzene rings is 1. The Balaban J connectivity index is 1.22. The third-order valence-electron chi connectivity index (χ3n) is 7.33. The Bertz CT molecular complexity index is 966. The molecule has 7 heteroatoms. The molecule has 3 heterocycles. The van der Waals surface area contributed by atoms with Gasteiger partial charge in [0.25, 0.3) is 0 Å². The zero-order valence-electron chi connectivity index (χ0n) is 18.8. The SMILES string of the molecule is Cn1cc(CN[C@H]2C[C@H]3C(=O)N[C@@H](CC4CCCCC4)C(=O)N3C2)c(-c2ccccc2)n1. The molecule has 0 radical (unpaired) electrons. The maximum absolute atomic E-state index is 13.2. The number of amides is 2. The molecule has 32 heavy (non-hydrogen) atoms. The largest absolute Gasteiger partial charge is 0.342 e. The average Bonchev–Trinajstić information content (AvgIpc) is 3.41. The number of aryl methyl sites for hydroxylation is 1. The van der Waals surface area contributed by atoms with Gasteiger partial charge in [-0.15, -0.1) is 0 Å². The van der Waals surface area contributed by atoms with Crippen LogP contribution in [-0.4, -0.2) is 51.2 Å². The molecule has 2 aromatic rings. The van der Waals surface area contributed by atoms with Crippen molar-refractivity contribution in [1.82, 2.24) is 25.3 Å². The normalized spacial score (nSPS) is 26.3. The molecule has 3 aliphatic rings. The fraction of sp³-hybridized carbons (Fsp3) is 0.560. The van der Waals surface area contributed by atoms with Gasteiger partial charge in [0.15, 0.2) is 0 Å². The zero-order valence-corrected chi connectivity index (χ0v) is 18.8. The molecule has 2 amide bonds. The Hall–Kier alpha value is -2.67. The topological polar surface area (TPSA) is 79.3 Å². The first-order valence-corrected chi connectivity index (χ1v) is 12.0. The summed E-state index contributed by atoms with van der Waals surface area (Å²) in [5, 5.41) is 11.3. The average molecular weight is 436 g/mol. The Morgan fingerprint density at radius 2 is 1.91 bits per heavy atom. The second kappa shape index (κ2) is 9.06. The van der Waals surface area contributed by atoms with Crippen molar-refractivity contribution in [2.75, 3.05) is 6.54 Å². The van der Waals surface area contributed by atoms with E-state index in [4.69, 9.17) is 0 Å². The smallest absolute Gasteiger partial charge is 0.245 e. The molecule has 7 nitrogen and oxygen atoms in total. The highest BCUT2D eigenvalue weighted by Crippen LogP contribution is 2.31. The molecule has 2 N–H and O–H groups in total. The van der Waals surface area contributed by atoms with E-state index in [2.05, 4.69) is 27.9 Å². The van der Waals surface area contributed by atoms with E-state index in [0.717, 1.165) is 23.2 Å². The second-order valence-electron chi connectivity index (χ2n) is 9.66. The minimum absolute atomic E-state index is 0.0149. The van der Waals surface area contributed by atoms with Crippen LogP contribution in [0.25, 0.3) is 11.3 Å². The van der Waals surface area contributed by atoms with Gasteiger partial charge in [0, 0.05) is 43.5 Å². The molecule has 1 aromatic carbocycles. The lowest BCUT2D eigenvalue weighted by Gasteiger charge is -2.36. The van der Waals surface area contributed by atoms with Gasteiger partial charge in [-0.05, 0) is 18.8 Å². The molecule has 1 aromatic heterocycles. The number of carbonyl (C=O) groups excluding carboxylic acids is 2. The predicted octanol–water partition coefficient (Wildman–Crippen LogP) is 2.62. The highest BCUT2D eigenvalue weighted by atomic mass is 16.2. The number of hydrogen-bond donors (Lipinski definition) is 2. The van der Waals surface area contributed by atoms with E-state index in [9.17, 15) is 9.59 Å². The number of nitrogens with zero attached hydrogens (tertiary/aromatic N) is 3. The van der Waals surface area contributed by atoms with Crippen molar-refractivity contribution in [1.29, 1.82) is 0 Å². The molecule has 0 bridgehead atoms. The van der Waals surface area contributed by atoms with E-state index in [1.54, 1.807) is 0 Å². The van der Waals surface area contributed by atoms with Gasteiger partial charge >= 0.3 is 0 Å². The van der Waals surface area contributed by atoms with E-state index in [0.29, 0.717) is 25.4 Å². The minimum Gasteiger partial charge on any atom is -0.342 e. The molecule has 3 fully saturated rings. The number of carbonyl (C=O) groups is 2. The van der Waals surface area contributed by atoms with Gasteiger partial charge in [-0.2, -0.15) is 5.10 Å². The van der Waals surface area contributed by atoms with Crippen molar-refractivity contribution < 1.29 is 9.59 Å². The lowest BCUT2D eigenvalue weighted by molar-refractivity contribution is -0.147. The van der Waals surface area contributed by atoms with Crippen molar-refractivity contribution in [3.05, 3.63) is 42.1 Å². The molecule has 2 aliphatic heterocycles. The molecule has 0 spiro atoms. The van der Waals surface area contributed by atoms with Gasteiger partial charge in [0.1, 0.15) is 12.1 Å². The summed E-state index contributed by atoms with van der Waals surface area (Å²) in [6.45, 7) is 1.25. The molecular formula is C25H33N5O2. The maximum atomic E-state index is 13.2. The van der Waals surface area contributed by atoms with Gasteiger partial charge in [0.05, 0.1) is 5.69 Å². The number of hydrogen-bond acceptors (Lipinski definition) is 4. The molecule has 170 valence electrons. The van der Waals surface area contributed by atoms with Gasteiger partial charge in [-0.3, -0.25) is 14.3 Å². The van der Waals surface area contributed by atoms with E-state index in [-0.39, 0.29) is 29.9 Å². The first-order valence-electron chi connectivity index (χ1n) is 12.0. The molecular weight excluding hydrogens is 402 g/mol. The summed E-state index contributed by atoms with van der Waals surface area (Å²) >= 11 is 0. The van der Waals surface area contributed by atoms with Crippen molar-refractivity contribution >= 4 is 11.8 Å². The molecule has 0 unspecified atom stereocenters. The minimum atomic E-state index is -0.344. The van der Waals surface area contributed by atoms with Gasteiger partial charge in [-0.25, -0.2) is 0 Å². The second-order valence-corrected chi connectivity index (χ2v) is 9.66. The lowest BCUT2D eigenvalue weighted by Crippen LogP contribution is -2.61. The van der Waals surface area contributed by atoms with Crippen LogP contribution in [0.15, 0.2) is 36.5 Å². The van der Waals surface area contributed by atoms with Crippen molar-refractivity contribution in [2.24, 2.45) is 13.0 Å². The summed E-state index contributed by atoms with van der Waals surface area (Å²) in [4.78, 5) is 27.8. The van der Waals surface area contributed by atoms with Crippen LogP contribution in [0.4, 0.5) is 0 Å². The van der Waals surface area contributed by atoms with E-state index >= 15 is 0 Å². The highest BCUT2D eigenvalue weighted by Gasteiger charge is 2.46. The molecule has 2 saturated heterocycles. The van der Waals surface area contributed by atoms with Crippen LogP contribution in [0.1, 0.15) is 50.5 Å². The van der Waals surface area contributed by atoms with E-state index < -0.39 is 0 Å². The summed E-state index contributed by atoms with van der Waals surface area (Å²) in [7, 11) is 1.93. The van der Waals surface area contributed by atoms with Crippen LogP contribution in [0.3, 0.4) is 0 Å². The Morgan fingerprint density at radius 3 is 2.69 bits per heavy atom. The summed E-state index contributed by atoms with van der Waals surface area (Å²) in [5.74, 6) is 0.685. The fourth-order valence-corrected chi connectivity index (χ4v) is 5.68. The first kappa shape index (κ1) is 21.2. The van der Waals surface area contributed by atoms with E-state index in [1.165, 1.54) is 32.1 Å². The Kier molecular flexibility index (Phi) is 6.00. The van der Waals surface area contributed by atoms with Gasteiger partial charge < -0.3 is 15.5 Å². The summed E-state index contributed by atoms with van der Waals surface area (Å²) in [6, 6.07) is 9.59. The predicted molar refractivity (Wildman–Crippen MR) is 123 cm³/mol. The summed E-state index contributed by atoms with van der Waals surface area (Å²) in [6.07, 6.45) is 9.65. The molecule has 1 aliphatic carbocycles. The fourth-order valence-electron chi connectivity index (χ4n) is 5.68. The first-order chi connectivity index (χ1) is 15.6. The number of aromatic nitrogens is 2. The third kappa shape index (κ3) is 4.31. The summed E-state index contributed by atoms with van der Waals surface area (Å²) < 4.78 is 1.84. The number of nitrogens with one attached hydrogen (secondary N) is 2. The van der Waals surface area contributed by atoms with Crippen LogP contribution < -0.4 is 10.6 Å². The molecule has 3 atom stereocenters. The molecule has 5 rings (SSSR count). The number of rotatable bonds is 6.